The molecule has 5 rings (SSSR count). The van der Waals surface area contributed by atoms with Gasteiger partial charge in [0.15, 0.2) is 0 Å². The molecule has 1 atom stereocenters. The lowest BCUT2D eigenvalue weighted by Gasteiger charge is -2.30. The monoisotopic (exact) mass is 435 g/mol. The highest BCUT2D eigenvalue weighted by molar-refractivity contribution is 7.15. The van der Waals surface area contributed by atoms with Gasteiger partial charge in [-0.2, -0.15) is 0 Å². The summed E-state index contributed by atoms with van der Waals surface area (Å²) < 4.78 is 8.06. The molecule has 1 aliphatic heterocycles. The van der Waals surface area contributed by atoms with Gasteiger partial charge in [-0.05, 0) is 68.9 Å². The third kappa shape index (κ3) is 3.53. The number of urea groups is 1. The number of hydrogen-bond acceptors (Lipinski definition) is 3. The van der Waals surface area contributed by atoms with Gasteiger partial charge in [0.25, 0.3) is 0 Å². The number of aromatic nitrogens is 1. The Morgan fingerprint density at radius 1 is 1.13 bits per heavy atom. The van der Waals surface area contributed by atoms with Crippen LogP contribution in [0.1, 0.15) is 60.8 Å². The summed E-state index contributed by atoms with van der Waals surface area (Å²) in [6.07, 6.45) is 7.80. The predicted octanol–water partition coefficient (Wildman–Crippen LogP) is 6.32. The van der Waals surface area contributed by atoms with E-state index in [0.717, 1.165) is 24.9 Å². The van der Waals surface area contributed by atoms with Crippen LogP contribution in [-0.4, -0.2) is 22.1 Å². The van der Waals surface area contributed by atoms with Crippen molar-refractivity contribution in [3.05, 3.63) is 64.3 Å². The number of anilines is 1. The van der Waals surface area contributed by atoms with Crippen LogP contribution >= 0.6 is 11.3 Å². The van der Waals surface area contributed by atoms with Gasteiger partial charge < -0.3 is 19.5 Å². The van der Waals surface area contributed by atoms with Crippen molar-refractivity contribution < 1.29 is 9.53 Å². The van der Waals surface area contributed by atoms with Crippen molar-refractivity contribution in [2.75, 3.05) is 11.9 Å². The maximum atomic E-state index is 13.6. The van der Waals surface area contributed by atoms with Crippen LogP contribution in [0, 0.1) is 0 Å². The second kappa shape index (κ2) is 8.42. The number of amides is 2. The first-order valence-corrected chi connectivity index (χ1v) is 12.1. The van der Waals surface area contributed by atoms with Crippen LogP contribution in [0.2, 0.25) is 0 Å². The number of hydrogen-bond donors (Lipinski definition) is 1. The molecule has 2 aliphatic rings. The fourth-order valence-corrected chi connectivity index (χ4v) is 6.35. The largest absolute Gasteiger partial charge is 0.492 e. The predicted molar refractivity (Wildman–Crippen MR) is 125 cm³/mol. The lowest BCUT2D eigenvalue weighted by molar-refractivity contribution is 0.181. The molecule has 6 heteroatoms. The van der Waals surface area contributed by atoms with Gasteiger partial charge in [0.1, 0.15) is 10.8 Å². The Hall–Kier alpha value is -2.73. The molecule has 31 heavy (non-hydrogen) atoms. The first-order chi connectivity index (χ1) is 15.2. The zero-order valence-electron chi connectivity index (χ0n) is 18.2. The number of thiophene rings is 1. The Kier molecular flexibility index (Phi) is 5.48. The van der Waals surface area contributed by atoms with Crippen LogP contribution in [0.5, 0.6) is 5.75 Å². The summed E-state index contributed by atoms with van der Waals surface area (Å²) >= 11 is 1.92. The number of benzene rings is 1. The lowest BCUT2D eigenvalue weighted by atomic mass is 9.95. The van der Waals surface area contributed by atoms with Gasteiger partial charge in [-0.25, -0.2) is 4.79 Å². The molecule has 0 bridgehead atoms. The van der Waals surface area contributed by atoms with E-state index >= 15 is 0 Å². The summed E-state index contributed by atoms with van der Waals surface area (Å²) in [7, 11) is 0. The topological polar surface area (TPSA) is 46.5 Å². The van der Waals surface area contributed by atoms with E-state index in [0.29, 0.717) is 18.9 Å². The fourth-order valence-electron chi connectivity index (χ4n) is 4.95. The number of fused-ring (bicyclic) bond motifs is 5. The van der Waals surface area contributed by atoms with Crippen molar-refractivity contribution in [1.29, 1.82) is 0 Å². The van der Waals surface area contributed by atoms with Gasteiger partial charge >= 0.3 is 6.03 Å². The number of carbonyl (C=O) groups is 1. The van der Waals surface area contributed by atoms with Crippen molar-refractivity contribution >= 4 is 23.1 Å². The van der Waals surface area contributed by atoms with Crippen molar-refractivity contribution in [2.45, 2.75) is 58.5 Å². The second-order valence-corrected chi connectivity index (χ2v) is 9.29. The van der Waals surface area contributed by atoms with Crippen LogP contribution in [-0.2, 0) is 19.4 Å². The molecule has 2 aromatic heterocycles. The highest BCUT2D eigenvalue weighted by Gasteiger charge is 2.34. The summed E-state index contributed by atoms with van der Waals surface area (Å²) in [5.74, 6) is 0.707. The molecule has 5 nitrogen and oxygen atoms in total. The molecule has 0 saturated heterocycles. The van der Waals surface area contributed by atoms with Gasteiger partial charge in [0, 0.05) is 22.3 Å². The van der Waals surface area contributed by atoms with Gasteiger partial charge in [-0.1, -0.05) is 19.1 Å². The summed E-state index contributed by atoms with van der Waals surface area (Å²) in [4.78, 5) is 17.2. The molecule has 2 amide bonds. The Balaban J connectivity index is 1.54. The first kappa shape index (κ1) is 20.2. The smallest absolute Gasteiger partial charge is 0.322 e. The van der Waals surface area contributed by atoms with Gasteiger partial charge in [0.2, 0.25) is 0 Å². The Morgan fingerprint density at radius 2 is 1.97 bits per heavy atom. The Bertz CT molecular complexity index is 1100. The van der Waals surface area contributed by atoms with Crippen molar-refractivity contribution in [3.63, 3.8) is 0 Å². The van der Waals surface area contributed by atoms with E-state index < -0.39 is 0 Å². The molecule has 1 aliphatic carbocycles. The average molecular weight is 436 g/mol. The minimum Gasteiger partial charge on any atom is -0.492 e. The zero-order chi connectivity index (χ0) is 21.4. The SMILES string of the molecule is CCOc1ccccc1NC(=O)N1Cc2c(sc3c2CCCC3)-n2cccc2C1CC. The van der Waals surface area contributed by atoms with Crippen LogP contribution in [0.4, 0.5) is 10.5 Å². The lowest BCUT2D eigenvalue weighted by Crippen LogP contribution is -2.37. The molecule has 3 aromatic rings. The summed E-state index contributed by atoms with van der Waals surface area (Å²) in [6.45, 7) is 5.32. The second-order valence-electron chi connectivity index (χ2n) is 8.21. The molecule has 162 valence electrons. The first-order valence-electron chi connectivity index (χ1n) is 11.3. The number of rotatable bonds is 4. The van der Waals surface area contributed by atoms with E-state index in [1.165, 1.54) is 39.5 Å². The van der Waals surface area contributed by atoms with Crippen molar-refractivity contribution in [2.24, 2.45) is 0 Å². The third-order valence-electron chi connectivity index (χ3n) is 6.38. The number of aryl methyl sites for hydroxylation is 1. The molecule has 0 spiro atoms. The number of nitrogens with zero attached hydrogens (tertiary/aromatic N) is 2. The molecular weight excluding hydrogens is 406 g/mol. The van der Waals surface area contributed by atoms with E-state index in [1.54, 1.807) is 0 Å². The standard InChI is InChI=1S/C25H29N3O2S/c1-3-20-21-12-9-15-27(21)24-18(17-10-5-8-14-23(17)31-24)16-28(20)25(29)26-19-11-6-7-13-22(19)30-4-2/h6-7,9,11-13,15,20H,3-5,8,10,14,16H2,1-2H3,(H,26,29). The van der Waals surface area contributed by atoms with Crippen LogP contribution in [0.15, 0.2) is 42.6 Å². The minimum absolute atomic E-state index is 0.0214. The Morgan fingerprint density at radius 3 is 2.81 bits per heavy atom. The number of nitrogens with one attached hydrogen (secondary N) is 1. The van der Waals surface area contributed by atoms with Gasteiger partial charge in [-0.15, -0.1) is 11.3 Å². The quantitative estimate of drug-likeness (QED) is 0.522. The summed E-state index contributed by atoms with van der Waals surface area (Å²) in [5, 5.41) is 4.44. The fraction of sp³-hybridized carbons (Fsp3) is 0.400. The van der Waals surface area contributed by atoms with Crippen LogP contribution in [0.25, 0.3) is 5.00 Å². The molecule has 0 saturated carbocycles. The molecular formula is C25H29N3O2S. The highest BCUT2D eigenvalue weighted by Crippen LogP contribution is 2.43. The van der Waals surface area contributed by atoms with E-state index in [9.17, 15) is 4.79 Å². The summed E-state index contributed by atoms with van der Waals surface area (Å²) in [5.41, 5.74) is 4.72. The number of ether oxygens (including phenoxy) is 1. The van der Waals surface area contributed by atoms with Crippen LogP contribution < -0.4 is 10.1 Å². The molecule has 3 heterocycles. The number of para-hydroxylation sites is 2. The molecule has 0 radical (unpaired) electrons. The minimum atomic E-state index is -0.0737. The van der Waals surface area contributed by atoms with E-state index in [-0.39, 0.29) is 12.1 Å². The van der Waals surface area contributed by atoms with Crippen molar-refractivity contribution in [3.8, 4) is 10.8 Å². The van der Waals surface area contributed by atoms with Gasteiger partial charge in [0.05, 0.1) is 24.9 Å². The molecule has 1 N–H and O–H groups in total. The highest BCUT2D eigenvalue weighted by atomic mass is 32.1. The van der Waals surface area contributed by atoms with Crippen molar-refractivity contribution in [1.82, 2.24) is 9.47 Å². The maximum absolute atomic E-state index is 13.6. The molecule has 1 aromatic carbocycles. The molecule has 0 fully saturated rings. The third-order valence-corrected chi connectivity index (χ3v) is 7.71. The van der Waals surface area contributed by atoms with Crippen LogP contribution in [0.3, 0.4) is 0 Å². The Labute approximate surface area is 187 Å². The van der Waals surface area contributed by atoms with Gasteiger partial charge in [-0.3, -0.25) is 0 Å². The maximum Gasteiger partial charge on any atom is 0.322 e. The van der Waals surface area contributed by atoms with E-state index in [4.69, 9.17) is 4.74 Å². The van der Waals surface area contributed by atoms with E-state index in [2.05, 4.69) is 35.1 Å². The van der Waals surface area contributed by atoms with E-state index in [1.807, 2.05) is 47.4 Å². The number of carbonyl (C=O) groups excluding carboxylic acids is 1. The zero-order valence-corrected chi connectivity index (χ0v) is 19.0. The normalized spacial score (nSPS) is 17.4. The molecule has 1 unspecified atom stereocenters. The average Bonchev–Trinajstić information content (AvgIpc) is 3.37. The summed E-state index contributed by atoms with van der Waals surface area (Å²) in [6, 6.07) is 11.9.